The van der Waals surface area contributed by atoms with E-state index in [-0.39, 0.29) is 0 Å². The molecule has 1 heterocycles. The van der Waals surface area contributed by atoms with Crippen LogP contribution < -0.4 is 0 Å². The van der Waals surface area contributed by atoms with E-state index in [1.165, 1.54) is 16.9 Å². The molecule has 0 saturated heterocycles. The third-order valence-electron chi connectivity index (χ3n) is 1.99. The predicted octanol–water partition coefficient (Wildman–Crippen LogP) is 5.16. The first-order valence-corrected chi connectivity index (χ1v) is 7.97. The number of rotatable bonds is 4. The molecule has 7 heteroatoms. The van der Waals surface area contributed by atoms with Crippen molar-refractivity contribution in [3.63, 3.8) is 0 Å². The number of benzene rings is 1. The van der Waals surface area contributed by atoms with Crippen LogP contribution in [0.5, 0.6) is 0 Å². The molecule has 0 unspecified atom stereocenters. The van der Waals surface area contributed by atoms with Gasteiger partial charge in [0.2, 0.25) is 0 Å². The summed E-state index contributed by atoms with van der Waals surface area (Å²) < 4.78 is 3.38. The Morgan fingerprint density at radius 2 is 2.11 bits per heavy atom. The molecule has 2 nitrogen and oxygen atoms in total. The van der Waals surface area contributed by atoms with Gasteiger partial charge in [0.25, 0.3) is 0 Å². The van der Waals surface area contributed by atoms with Crippen molar-refractivity contribution in [3.05, 3.63) is 44.9 Å². The van der Waals surface area contributed by atoms with Gasteiger partial charge in [-0.2, -0.15) is 0 Å². The summed E-state index contributed by atoms with van der Waals surface area (Å²) in [6.07, 6.45) is 1.86. The molecule has 0 atom stereocenters. The third-order valence-corrected chi connectivity index (χ3v) is 4.74. The highest BCUT2D eigenvalue weighted by Gasteiger charge is 2.05. The van der Waals surface area contributed by atoms with Gasteiger partial charge in [-0.25, -0.2) is 4.68 Å². The second-order valence-electron chi connectivity index (χ2n) is 3.19. The van der Waals surface area contributed by atoms with Gasteiger partial charge in [-0.3, -0.25) is 0 Å². The van der Waals surface area contributed by atoms with E-state index in [1.54, 1.807) is 16.4 Å². The Hall–Kier alpha value is -0.330. The Morgan fingerprint density at radius 1 is 1.39 bits per heavy atom. The molecule has 0 N–H and O–H groups in total. The normalized spacial score (nSPS) is 11.2. The average Bonchev–Trinajstić information content (AvgIpc) is 2.72. The molecule has 0 aliphatic carbocycles. The van der Waals surface area contributed by atoms with Crippen molar-refractivity contribution in [3.8, 4) is 5.69 Å². The van der Waals surface area contributed by atoms with Gasteiger partial charge in [-0.15, -0.1) is 5.10 Å². The van der Waals surface area contributed by atoms with E-state index in [0.29, 0.717) is 5.02 Å². The molecule has 0 saturated carbocycles. The fourth-order valence-corrected chi connectivity index (χ4v) is 3.74. The standard InChI is InChI=1S/C11H8Cl2N2S3/c12-6-1-7-17-10-14-15(11(16)18-10)9-4-2-8(13)3-5-9/h1-6H,7H2/b6-1+. The first-order chi connectivity index (χ1) is 8.70. The Morgan fingerprint density at radius 3 is 2.78 bits per heavy atom. The van der Waals surface area contributed by atoms with Crippen LogP contribution in [0.15, 0.2) is 40.2 Å². The Labute approximate surface area is 128 Å². The Kier molecular flexibility index (Phi) is 5.26. The molecular weight excluding hydrogens is 327 g/mol. The average molecular weight is 335 g/mol. The number of nitrogens with zero attached hydrogens (tertiary/aromatic N) is 2. The summed E-state index contributed by atoms with van der Waals surface area (Å²) in [7, 11) is 0. The van der Waals surface area contributed by atoms with Crippen LogP contribution in [0.3, 0.4) is 0 Å². The third kappa shape index (κ3) is 3.59. The lowest BCUT2D eigenvalue weighted by Crippen LogP contribution is -1.95. The fourth-order valence-electron chi connectivity index (χ4n) is 1.22. The minimum absolute atomic E-state index is 0.697. The summed E-state index contributed by atoms with van der Waals surface area (Å²) in [6, 6.07) is 7.43. The number of hydrogen-bond acceptors (Lipinski definition) is 4. The van der Waals surface area contributed by atoms with Crippen molar-refractivity contribution >= 4 is 58.5 Å². The molecule has 0 amide bonds. The maximum Gasteiger partial charge on any atom is 0.184 e. The molecule has 0 fully saturated rings. The van der Waals surface area contributed by atoms with Gasteiger partial charge in [-0.1, -0.05) is 52.4 Å². The van der Waals surface area contributed by atoms with Crippen molar-refractivity contribution < 1.29 is 0 Å². The molecule has 0 radical (unpaired) electrons. The molecule has 0 aliphatic rings. The second kappa shape index (κ2) is 6.73. The first kappa shape index (κ1) is 14.1. The van der Waals surface area contributed by atoms with Gasteiger partial charge in [-0.05, 0) is 36.5 Å². The molecular formula is C11H8Cl2N2S3. The zero-order valence-corrected chi connectivity index (χ0v) is 13.0. The summed E-state index contributed by atoms with van der Waals surface area (Å²) in [5.41, 5.74) is 2.42. The van der Waals surface area contributed by atoms with Crippen LogP contribution in [-0.4, -0.2) is 15.5 Å². The molecule has 0 spiro atoms. The Balaban J connectivity index is 2.23. The smallest absolute Gasteiger partial charge is 0.184 e. The van der Waals surface area contributed by atoms with Crippen LogP contribution in [-0.2, 0) is 0 Å². The highest BCUT2D eigenvalue weighted by Crippen LogP contribution is 2.24. The highest BCUT2D eigenvalue weighted by molar-refractivity contribution is 8.01. The molecule has 2 rings (SSSR count). The lowest BCUT2D eigenvalue weighted by molar-refractivity contribution is 0.830. The lowest BCUT2D eigenvalue weighted by Gasteiger charge is -1.99. The van der Waals surface area contributed by atoms with Gasteiger partial charge >= 0.3 is 0 Å². The van der Waals surface area contributed by atoms with Crippen molar-refractivity contribution in [1.82, 2.24) is 9.78 Å². The largest absolute Gasteiger partial charge is 0.211 e. The van der Waals surface area contributed by atoms with Crippen molar-refractivity contribution in [2.24, 2.45) is 0 Å². The summed E-state index contributed by atoms with van der Waals surface area (Å²) in [4.78, 5) is 0. The van der Waals surface area contributed by atoms with Crippen molar-refractivity contribution in [2.75, 3.05) is 5.75 Å². The Bertz CT molecular complexity index is 601. The molecule has 1 aromatic carbocycles. The van der Waals surface area contributed by atoms with Gasteiger partial charge in [0.1, 0.15) is 0 Å². The topological polar surface area (TPSA) is 17.8 Å². The fraction of sp³-hybridized carbons (Fsp3) is 0.0909. The molecule has 1 aromatic heterocycles. The number of hydrogen-bond donors (Lipinski definition) is 0. The number of halogens is 2. The van der Waals surface area contributed by atoms with Crippen LogP contribution in [0.25, 0.3) is 5.69 Å². The van der Waals surface area contributed by atoms with E-state index >= 15 is 0 Å². The monoisotopic (exact) mass is 334 g/mol. The maximum atomic E-state index is 5.85. The quantitative estimate of drug-likeness (QED) is 0.568. The van der Waals surface area contributed by atoms with Crippen LogP contribution in [0.1, 0.15) is 0 Å². The zero-order valence-electron chi connectivity index (χ0n) is 9.05. The second-order valence-corrected chi connectivity index (χ2v) is 6.77. The minimum Gasteiger partial charge on any atom is -0.211 e. The molecule has 0 aliphatic heterocycles. The SMILES string of the molecule is S=c1sc(SC/C=C/Cl)nn1-c1ccc(Cl)cc1. The first-order valence-electron chi connectivity index (χ1n) is 4.95. The van der Waals surface area contributed by atoms with Crippen LogP contribution >= 0.6 is 58.5 Å². The van der Waals surface area contributed by atoms with Gasteiger partial charge in [0, 0.05) is 16.3 Å². The molecule has 0 bridgehead atoms. The highest BCUT2D eigenvalue weighted by atomic mass is 35.5. The number of thioether (sulfide) groups is 1. The summed E-state index contributed by atoms with van der Waals surface area (Å²) in [5.74, 6) is 0.784. The van der Waals surface area contributed by atoms with E-state index in [1.807, 2.05) is 30.3 Å². The predicted molar refractivity (Wildman–Crippen MR) is 83.0 cm³/mol. The van der Waals surface area contributed by atoms with E-state index in [4.69, 9.17) is 35.4 Å². The van der Waals surface area contributed by atoms with E-state index in [0.717, 1.165) is 19.7 Å². The molecule has 18 heavy (non-hydrogen) atoms. The van der Waals surface area contributed by atoms with E-state index in [2.05, 4.69) is 5.10 Å². The van der Waals surface area contributed by atoms with E-state index < -0.39 is 0 Å². The van der Waals surface area contributed by atoms with Crippen molar-refractivity contribution in [2.45, 2.75) is 4.34 Å². The molecule has 2 aromatic rings. The molecule has 94 valence electrons. The van der Waals surface area contributed by atoms with Gasteiger partial charge in [0.05, 0.1) is 5.69 Å². The lowest BCUT2D eigenvalue weighted by atomic mass is 10.3. The summed E-state index contributed by atoms with van der Waals surface area (Å²) in [5, 5.41) is 5.15. The van der Waals surface area contributed by atoms with Crippen molar-refractivity contribution in [1.29, 1.82) is 0 Å². The zero-order chi connectivity index (χ0) is 13.0. The van der Waals surface area contributed by atoms with E-state index in [9.17, 15) is 0 Å². The number of aromatic nitrogens is 2. The van der Waals surface area contributed by atoms with Crippen LogP contribution in [0, 0.1) is 3.95 Å². The maximum absolute atomic E-state index is 5.85. The summed E-state index contributed by atoms with van der Waals surface area (Å²) in [6.45, 7) is 0. The minimum atomic E-state index is 0.697. The van der Waals surface area contributed by atoms with Gasteiger partial charge < -0.3 is 0 Å². The van der Waals surface area contributed by atoms with Gasteiger partial charge in [0.15, 0.2) is 8.29 Å². The summed E-state index contributed by atoms with van der Waals surface area (Å²) >= 11 is 19.7. The van der Waals surface area contributed by atoms with Crippen LogP contribution in [0.4, 0.5) is 0 Å². The van der Waals surface area contributed by atoms with Crippen LogP contribution in [0.2, 0.25) is 5.02 Å².